The fourth-order valence-electron chi connectivity index (χ4n) is 2.86. The molecule has 6 heteroatoms. The minimum atomic E-state index is -3.44. The standard InChI is InChI=1S/C22H30N2O3S/c1-3-17-23-28(26,27)21-14-11-20(12-15-21)13-16-22(25)24-18(2)9-10-19-7-5-4-6-8-19/h4-8,11-12,14-15,18,23H,3,9-10,13,16-17H2,1-2H3,(H,24,25)/t18-/m0/s1. The van der Waals surface area contributed by atoms with Crippen molar-refractivity contribution in [2.24, 2.45) is 0 Å². The maximum atomic E-state index is 12.2. The van der Waals surface area contributed by atoms with Gasteiger partial charge in [-0.15, -0.1) is 0 Å². The van der Waals surface area contributed by atoms with E-state index in [0.29, 0.717) is 19.4 Å². The highest BCUT2D eigenvalue weighted by molar-refractivity contribution is 7.89. The quantitative estimate of drug-likeness (QED) is 0.604. The Morgan fingerprint density at radius 3 is 2.25 bits per heavy atom. The second-order valence-electron chi connectivity index (χ2n) is 7.03. The Morgan fingerprint density at radius 1 is 0.964 bits per heavy atom. The first kappa shape index (κ1) is 22.1. The van der Waals surface area contributed by atoms with E-state index in [4.69, 9.17) is 0 Å². The van der Waals surface area contributed by atoms with Gasteiger partial charge in [-0.05, 0) is 55.9 Å². The SMILES string of the molecule is CCCNS(=O)(=O)c1ccc(CCC(=O)N[C@@H](C)CCc2ccccc2)cc1. The molecule has 152 valence electrons. The molecule has 0 saturated carbocycles. The molecule has 0 aliphatic rings. The van der Waals surface area contributed by atoms with Crippen LogP contribution in [0.2, 0.25) is 0 Å². The summed E-state index contributed by atoms with van der Waals surface area (Å²) in [5.74, 6) is 0.0156. The molecule has 2 aromatic rings. The lowest BCUT2D eigenvalue weighted by Crippen LogP contribution is -2.33. The monoisotopic (exact) mass is 402 g/mol. The highest BCUT2D eigenvalue weighted by Gasteiger charge is 2.13. The van der Waals surface area contributed by atoms with Crippen LogP contribution in [0.3, 0.4) is 0 Å². The Balaban J connectivity index is 1.76. The summed E-state index contributed by atoms with van der Waals surface area (Å²) in [6.07, 6.45) is 3.55. The van der Waals surface area contributed by atoms with Gasteiger partial charge in [0.05, 0.1) is 4.90 Å². The molecule has 0 aliphatic heterocycles. The van der Waals surface area contributed by atoms with Crippen molar-refractivity contribution in [2.75, 3.05) is 6.54 Å². The number of carbonyl (C=O) groups excluding carboxylic acids is 1. The number of amides is 1. The van der Waals surface area contributed by atoms with Crippen molar-refractivity contribution in [1.82, 2.24) is 10.0 Å². The lowest BCUT2D eigenvalue weighted by molar-refractivity contribution is -0.121. The number of hydrogen-bond acceptors (Lipinski definition) is 3. The average Bonchev–Trinajstić information content (AvgIpc) is 2.70. The molecule has 0 aromatic heterocycles. The zero-order valence-electron chi connectivity index (χ0n) is 16.6. The predicted octanol–water partition coefficient (Wildman–Crippen LogP) is 3.45. The van der Waals surface area contributed by atoms with Gasteiger partial charge in [0, 0.05) is 19.0 Å². The molecule has 0 aliphatic carbocycles. The van der Waals surface area contributed by atoms with Crippen molar-refractivity contribution in [1.29, 1.82) is 0 Å². The van der Waals surface area contributed by atoms with E-state index in [0.717, 1.165) is 24.8 Å². The molecule has 0 radical (unpaired) electrons. The number of benzene rings is 2. The van der Waals surface area contributed by atoms with E-state index in [2.05, 4.69) is 22.2 Å². The Morgan fingerprint density at radius 2 is 1.61 bits per heavy atom. The van der Waals surface area contributed by atoms with E-state index in [1.807, 2.05) is 32.0 Å². The lowest BCUT2D eigenvalue weighted by atomic mass is 10.1. The number of aryl methyl sites for hydroxylation is 2. The lowest BCUT2D eigenvalue weighted by Gasteiger charge is -2.14. The third-order valence-corrected chi connectivity index (χ3v) is 6.01. The molecule has 0 bridgehead atoms. The van der Waals surface area contributed by atoms with Crippen molar-refractivity contribution >= 4 is 15.9 Å². The largest absolute Gasteiger partial charge is 0.354 e. The van der Waals surface area contributed by atoms with Crippen LogP contribution in [-0.2, 0) is 27.7 Å². The predicted molar refractivity (Wildman–Crippen MR) is 113 cm³/mol. The third-order valence-electron chi connectivity index (χ3n) is 4.53. The minimum Gasteiger partial charge on any atom is -0.354 e. The van der Waals surface area contributed by atoms with Gasteiger partial charge in [0.25, 0.3) is 0 Å². The summed E-state index contributed by atoms with van der Waals surface area (Å²) in [6, 6.07) is 17.1. The summed E-state index contributed by atoms with van der Waals surface area (Å²) in [4.78, 5) is 12.4. The van der Waals surface area contributed by atoms with Crippen LogP contribution >= 0.6 is 0 Å². The molecule has 1 amide bonds. The molecule has 0 heterocycles. The van der Waals surface area contributed by atoms with Crippen LogP contribution in [0.1, 0.15) is 44.2 Å². The van der Waals surface area contributed by atoms with E-state index in [9.17, 15) is 13.2 Å². The van der Waals surface area contributed by atoms with E-state index >= 15 is 0 Å². The minimum absolute atomic E-state index is 0.0156. The molecule has 0 spiro atoms. The van der Waals surface area contributed by atoms with Gasteiger partial charge in [-0.3, -0.25) is 4.79 Å². The van der Waals surface area contributed by atoms with Gasteiger partial charge in [-0.1, -0.05) is 49.4 Å². The second-order valence-corrected chi connectivity index (χ2v) is 8.80. The number of carbonyl (C=O) groups is 1. The Hall–Kier alpha value is -2.18. The maximum absolute atomic E-state index is 12.2. The normalized spacial score (nSPS) is 12.5. The molecule has 0 saturated heterocycles. The fraction of sp³-hybridized carbons (Fsp3) is 0.409. The van der Waals surface area contributed by atoms with Crippen molar-refractivity contribution in [3.63, 3.8) is 0 Å². The van der Waals surface area contributed by atoms with Gasteiger partial charge in [-0.25, -0.2) is 13.1 Å². The van der Waals surface area contributed by atoms with E-state index < -0.39 is 10.0 Å². The molecular formula is C22H30N2O3S. The summed E-state index contributed by atoms with van der Waals surface area (Å²) in [7, 11) is -3.44. The van der Waals surface area contributed by atoms with Crippen LogP contribution in [0.25, 0.3) is 0 Å². The molecule has 2 aromatic carbocycles. The first-order chi connectivity index (χ1) is 13.4. The zero-order chi connectivity index (χ0) is 20.4. The molecule has 2 N–H and O–H groups in total. The van der Waals surface area contributed by atoms with Crippen molar-refractivity contribution in [3.05, 3.63) is 65.7 Å². The smallest absolute Gasteiger partial charge is 0.240 e. The number of rotatable bonds is 11. The van der Waals surface area contributed by atoms with Crippen LogP contribution in [0, 0.1) is 0 Å². The molecule has 0 unspecified atom stereocenters. The van der Waals surface area contributed by atoms with Gasteiger partial charge in [-0.2, -0.15) is 0 Å². The van der Waals surface area contributed by atoms with Gasteiger partial charge in [0.1, 0.15) is 0 Å². The molecule has 0 fully saturated rings. The first-order valence-electron chi connectivity index (χ1n) is 9.82. The molecular weight excluding hydrogens is 372 g/mol. The maximum Gasteiger partial charge on any atom is 0.240 e. The highest BCUT2D eigenvalue weighted by atomic mass is 32.2. The van der Waals surface area contributed by atoms with Crippen LogP contribution in [0.4, 0.5) is 0 Å². The first-order valence-corrected chi connectivity index (χ1v) is 11.3. The Bertz CT molecular complexity index is 834. The molecule has 28 heavy (non-hydrogen) atoms. The molecule has 1 atom stereocenters. The summed E-state index contributed by atoms with van der Waals surface area (Å²) in [5.41, 5.74) is 2.22. The summed E-state index contributed by atoms with van der Waals surface area (Å²) >= 11 is 0. The molecule has 5 nitrogen and oxygen atoms in total. The number of hydrogen-bond donors (Lipinski definition) is 2. The Labute approximate surface area is 168 Å². The van der Waals surface area contributed by atoms with Gasteiger partial charge in [0.15, 0.2) is 0 Å². The van der Waals surface area contributed by atoms with Crippen LogP contribution in [0.5, 0.6) is 0 Å². The average molecular weight is 403 g/mol. The van der Waals surface area contributed by atoms with Gasteiger partial charge < -0.3 is 5.32 Å². The van der Waals surface area contributed by atoms with E-state index in [-0.39, 0.29) is 16.8 Å². The van der Waals surface area contributed by atoms with E-state index in [1.165, 1.54) is 5.56 Å². The van der Waals surface area contributed by atoms with Crippen molar-refractivity contribution < 1.29 is 13.2 Å². The second kappa shape index (κ2) is 11.0. The van der Waals surface area contributed by atoms with Crippen molar-refractivity contribution in [3.8, 4) is 0 Å². The number of sulfonamides is 1. The van der Waals surface area contributed by atoms with E-state index in [1.54, 1.807) is 24.3 Å². The third kappa shape index (κ3) is 7.44. The number of nitrogens with one attached hydrogen (secondary N) is 2. The van der Waals surface area contributed by atoms with Crippen LogP contribution in [-0.4, -0.2) is 26.9 Å². The zero-order valence-corrected chi connectivity index (χ0v) is 17.5. The summed E-state index contributed by atoms with van der Waals surface area (Å²) < 4.78 is 26.7. The molecule has 2 rings (SSSR count). The Kier molecular flexibility index (Phi) is 8.67. The van der Waals surface area contributed by atoms with Crippen molar-refractivity contribution in [2.45, 2.75) is 56.9 Å². The van der Waals surface area contributed by atoms with Crippen LogP contribution < -0.4 is 10.0 Å². The fourth-order valence-corrected chi connectivity index (χ4v) is 3.99. The summed E-state index contributed by atoms with van der Waals surface area (Å²) in [5, 5.41) is 3.03. The van der Waals surface area contributed by atoms with Gasteiger partial charge >= 0.3 is 0 Å². The topological polar surface area (TPSA) is 75.3 Å². The van der Waals surface area contributed by atoms with Gasteiger partial charge in [0.2, 0.25) is 15.9 Å². The summed E-state index contributed by atoms with van der Waals surface area (Å²) in [6.45, 7) is 4.36. The van der Waals surface area contributed by atoms with Crippen LogP contribution in [0.15, 0.2) is 59.5 Å². The highest BCUT2D eigenvalue weighted by Crippen LogP contribution is 2.12.